The van der Waals surface area contributed by atoms with Gasteiger partial charge < -0.3 is 5.32 Å². The molecule has 0 bridgehead atoms. The predicted octanol–water partition coefficient (Wildman–Crippen LogP) is 4.25. The molecule has 0 atom stereocenters. The average molecular weight is 254 g/mol. The molecule has 1 N–H and O–H groups in total. The molecule has 0 radical (unpaired) electrons. The van der Waals surface area contributed by atoms with Crippen LogP contribution in [0.15, 0.2) is 45.6 Å². The maximum Gasteiger partial charge on any atom is 0.0637 e. The summed E-state index contributed by atoms with van der Waals surface area (Å²) in [6.45, 7) is 0. The first-order chi connectivity index (χ1) is 6.36. The van der Waals surface area contributed by atoms with Crippen LogP contribution in [0.2, 0.25) is 0 Å². The average Bonchev–Trinajstić information content (AvgIpc) is 2.54. The van der Waals surface area contributed by atoms with Crippen LogP contribution in [0.1, 0.15) is 0 Å². The molecule has 2 rings (SSSR count). The van der Waals surface area contributed by atoms with Crippen LogP contribution in [-0.2, 0) is 0 Å². The Kier molecular flexibility index (Phi) is 2.66. The molecular formula is C10H8BrNS. The number of anilines is 2. The highest BCUT2D eigenvalue weighted by Gasteiger charge is 1.99. The van der Waals surface area contributed by atoms with E-state index in [1.807, 2.05) is 30.3 Å². The summed E-state index contributed by atoms with van der Waals surface area (Å²) < 4.78 is 1.11. The lowest BCUT2D eigenvalue weighted by Crippen LogP contribution is -1.87. The first kappa shape index (κ1) is 8.78. The van der Waals surface area contributed by atoms with Crippen molar-refractivity contribution in [2.24, 2.45) is 0 Å². The summed E-state index contributed by atoms with van der Waals surface area (Å²) in [5.41, 5.74) is 2.23. The first-order valence-corrected chi connectivity index (χ1v) is 5.63. The van der Waals surface area contributed by atoms with Gasteiger partial charge in [0.2, 0.25) is 0 Å². The van der Waals surface area contributed by atoms with E-state index in [2.05, 4.69) is 32.0 Å². The Balaban J connectivity index is 2.20. The molecule has 1 aromatic carbocycles. The van der Waals surface area contributed by atoms with Gasteiger partial charge in [0.05, 0.1) is 10.2 Å². The van der Waals surface area contributed by atoms with Gasteiger partial charge in [-0.05, 0) is 28.1 Å². The van der Waals surface area contributed by atoms with Crippen LogP contribution < -0.4 is 5.32 Å². The molecule has 0 saturated carbocycles. The maximum atomic E-state index is 3.47. The highest BCUT2D eigenvalue weighted by Crippen LogP contribution is 2.29. The Morgan fingerprint density at radius 1 is 1.08 bits per heavy atom. The Hall–Kier alpha value is -0.800. The molecule has 0 aliphatic carbocycles. The third kappa shape index (κ3) is 2.11. The number of hydrogen-bond acceptors (Lipinski definition) is 2. The molecule has 0 aliphatic heterocycles. The van der Waals surface area contributed by atoms with Gasteiger partial charge in [0.15, 0.2) is 0 Å². The molecule has 66 valence electrons. The molecule has 3 heteroatoms. The summed E-state index contributed by atoms with van der Waals surface area (Å²) in [7, 11) is 0. The second-order valence-corrected chi connectivity index (χ2v) is 4.22. The number of benzene rings is 1. The zero-order chi connectivity index (χ0) is 9.10. The van der Waals surface area contributed by atoms with Crippen LogP contribution in [0.3, 0.4) is 0 Å². The van der Waals surface area contributed by atoms with Gasteiger partial charge in [-0.2, -0.15) is 0 Å². The Bertz CT molecular complexity index is 383. The first-order valence-electron chi connectivity index (χ1n) is 3.90. The smallest absolute Gasteiger partial charge is 0.0637 e. The summed E-state index contributed by atoms with van der Waals surface area (Å²) in [4.78, 5) is 0. The van der Waals surface area contributed by atoms with E-state index in [-0.39, 0.29) is 0 Å². The number of nitrogens with one attached hydrogen (secondary N) is 1. The summed E-state index contributed by atoms with van der Waals surface area (Å²) in [5.74, 6) is 0. The fraction of sp³-hybridized carbons (Fsp3) is 0. The van der Waals surface area contributed by atoms with Crippen LogP contribution in [-0.4, -0.2) is 0 Å². The van der Waals surface area contributed by atoms with Crippen LogP contribution >= 0.6 is 27.3 Å². The molecular weight excluding hydrogens is 246 g/mol. The molecule has 0 unspecified atom stereocenters. The molecule has 0 spiro atoms. The Morgan fingerprint density at radius 3 is 2.46 bits per heavy atom. The van der Waals surface area contributed by atoms with Crippen molar-refractivity contribution in [3.63, 3.8) is 0 Å². The molecule has 0 saturated heterocycles. The SMILES string of the molecule is Brc1cscc1Nc1ccccc1. The minimum Gasteiger partial charge on any atom is -0.354 e. The van der Waals surface area contributed by atoms with Crippen LogP contribution in [0, 0.1) is 0 Å². The second kappa shape index (κ2) is 3.94. The van der Waals surface area contributed by atoms with Crippen molar-refractivity contribution in [3.05, 3.63) is 45.6 Å². The van der Waals surface area contributed by atoms with E-state index in [0.717, 1.165) is 15.8 Å². The Morgan fingerprint density at radius 2 is 1.85 bits per heavy atom. The minimum absolute atomic E-state index is 1.11. The highest BCUT2D eigenvalue weighted by molar-refractivity contribution is 9.10. The summed E-state index contributed by atoms with van der Waals surface area (Å²) in [6.07, 6.45) is 0. The predicted molar refractivity (Wildman–Crippen MR) is 61.7 cm³/mol. The van der Waals surface area contributed by atoms with E-state index in [1.165, 1.54) is 0 Å². The van der Waals surface area contributed by atoms with Gasteiger partial charge in [0.1, 0.15) is 0 Å². The molecule has 0 fully saturated rings. The van der Waals surface area contributed by atoms with Gasteiger partial charge in [-0.15, -0.1) is 11.3 Å². The van der Waals surface area contributed by atoms with Gasteiger partial charge in [-0.25, -0.2) is 0 Å². The van der Waals surface area contributed by atoms with Gasteiger partial charge in [-0.3, -0.25) is 0 Å². The molecule has 13 heavy (non-hydrogen) atoms. The monoisotopic (exact) mass is 253 g/mol. The van der Waals surface area contributed by atoms with Crippen LogP contribution in [0.25, 0.3) is 0 Å². The molecule has 1 aromatic heterocycles. The molecule has 1 heterocycles. The van der Waals surface area contributed by atoms with Crippen LogP contribution in [0.4, 0.5) is 11.4 Å². The van der Waals surface area contributed by atoms with Crippen molar-refractivity contribution in [1.82, 2.24) is 0 Å². The fourth-order valence-electron chi connectivity index (χ4n) is 1.05. The lowest BCUT2D eigenvalue weighted by molar-refractivity contribution is 1.57. The maximum absolute atomic E-state index is 3.47. The van der Waals surface area contributed by atoms with E-state index in [4.69, 9.17) is 0 Å². The number of para-hydroxylation sites is 1. The van der Waals surface area contributed by atoms with Gasteiger partial charge in [0, 0.05) is 16.4 Å². The van der Waals surface area contributed by atoms with E-state index >= 15 is 0 Å². The summed E-state index contributed by atoms with van der Waals surface area (Å²) in [5, 5.41) is 7.46. The van der Waals surface area contributed by atoms with E-state index < -0.39 is 0 Å². The standard InChI is InChI=1S/C10H8BrNS/c11-9-6-13-7-10(9)12-8-4-2-1-3-5-8/h1-7,12H. The lowest BCUT2D eigenvalue weighted by atomic mass is 10.3. The van der Waals surface area contributed by atoms with Crippen molar-refractivity contribution < 1.29 is 0 Å². The Labute approximate surface area is 89.5 Å². The molecule has 1 nitrogen and oxygen atoms in total. The van der Waals surface area contributed by atoms with E-state index in [0.29, 0.717) is 0 Å². The molecule has 0 amide bonds. The highest BCUT2D eigenvalue weighted by atomic mass is 79.9. The number of rotatable bonds is 2. The minimum atomic E-state index is 1.11. The van der Waals surface area contributed by atoms with Gasteiger partial charge in [-0.1, -0.05) is 18.2 Å². The van der Waals surface area contributed by atoms with Crippen molar-refractivity contribution >= 4 is 38.6 Å². The van der Waals surface area contributed by atoms with Crippen LogP contribution in [0.5, 0.6) is 0 Å². The quantitative estimate of drug-likeness (QED) is 0.844. The van der Waals surface area contributed by atoms with Crippen molar-refractivity contribution in [2.75, 3.05) is 5.32 Å². The number of halogens is 1. The topological polar surface area (TPSA) is 12.0 Å². The zero-order valence-corrected chi connectivity index (χ0v) is 9.23. The summed E-state index contributed by atoms with van der Waals surface area (Å²) in [6, 6.07) is 10.1. The van der Waals surface area contributed by atoms with Crippen molar-refractivity contribution in [1.29, 1.82) is 0 Å². The lowest BCUT2D eigenvalue weighted by Gasteiger charge is -2.03. The fourth-order valence-corrected chi connectivity index (χ4v) is 2.37. The largest absolute Gasteiger partial charge is 0.354 e. The molecule has 0 aliphatic rings. The second-order valence-electron chi connectivity index (χ2n) is 2.62. The van der Waals surface area contributed by atoms with Gasteiger partial charge >= 0.3 is 0 Å². The van der Waals surface area contributed by atoms with Gasteiger partial charge in [0.25, 0.3) is 0 Å². The third-order valence-corrected chi connectivity index (χ3v) is 3.37. The molecule has 2 aromatic rings. The summed E-state index contributed by atoms with van der Waals surface area (Å²) >= 11 is 5.15. The third-order valence-electron chi connectivity index (χ3n) is 1.67. The number of hydrogen-bond donors (Lipinski definition) is 1. The zero-order valence-electron chi connectivity index (χ0n) is 6.83. The van der Waals surface area contributed by atoms with E-state index in [9.17, 15) is 0 Å². The number of thiophene rings is 1. The normalized spacial score (nSPS) is 9.92. The van der Waals surface area contributed by atoms with Crippen molar-refractivity contribution in [2.45, 2.75) is 0 Å². The van der Waals surface area contributed by atoms with Crippen molar-refractivity contribution in [3.8, 4) is 0 Å². The van der Waals surface area contributed by atoms with E-state index in [1.54, 1.807) is 11.3 Å².